The van der Waals surface area contributed by atoms with Gasteiger partial charge in [0.2, 0.25) is 15.9 Å². The number of carbonyl (C=O) groups excluding carboxylic acids is 1. The highest BCUT2D eigenvalue weighted by atomic mass is 79.9. The van der Waals surface area contributed by atoms with Gasteiger partial charge in [-0.25, -0.2) is 8.42 Å². The lowest BCUT2D eigenvalue weighted by atomic mass is 10.2. The summed E-state index contributed by atoms with van der Waals surface area (Å²) in [5.41, 5.74) is 0.909. The summed E-state index contributed by atoms with van der Waals surface area (Å²) in [6, 6.07) is 17.8. The molecule has 6 nitrogen and oxygen atoms in total. The molecule has 32 heavy (non-hydrogen) atoms. The summed E-state index contributed by atoms with van der Waals surface area (Å²) in [6.07, 6.45) is 0. The number of nitrogens with one attached hydrogen (secondary N) is 1. The van der Waals surface area contributed by atoms with Gasteiger partial charge in [0.05, 0.1) is 24.2 Å². The topological polar surface area (TPSA) is 75.7 Å². The predicted octanol–water partition coefficient (Wildman–Crippen LogP) is 5.59. The summed E-state index contributed by atoms with van der Waals surface area (Å²) in [5, 5.41) is 3.47. The second-order valence-electron chi connectivity index (χ2n) is 6.71. The van der Waals surface area contributed by atoms with E-state index in [2.05, 4.69) is 21.2 Å². The van der Waals surface area contributed by atoms with E-state index in [0.717, 1.165) is 8.78 Å². The number of benzene rings is 3. The molecule has 0 saturated carbocycles. The molecule has 3 rings (SSSR count). The fourth-order valence-electron chi connectivity index (χ4n) is 2.93. The van der Waals surface area contributed by atoms with Crippen LogP contribution in [0.3, 0.4) is 0 Å². The summed E-state index contributed by atoms with van der Waals surface area (Å²) in [6.45, 7) is -0.530. The van der Waals surface area contributed by atoms with Crippen molar-refractivity contribution in [2.75, 3.05) is 19.0 Å². The van der Waals surface area contributed by atoms with E-state index in [1.807, 2.05) is 0 Å². The van der Waals surface area contributed by atoms with E-state index < -0.39 is 22.5 Å². The Morgan fingerprint density at radius 1 is 1.06 bits per heavy atom. The van der Waals surface area contributed by atoms with Crippen molar-refractivity contribution < 1.29 is 17.9 Å². The summed E-state index contributed by atoms with van der Waals surface area (Å²) in [5.74, 6) is -0.158. The molecule has 0 heterocycles. The van der Waals surface area contributed by atoms with Crippen molar-refractivity contribution in [2.45, 2.75) is 11.4 Å². The Morgan fingerprint density at radius 3 is 2.41 bits per heavy atom. The fraction of sp³-hybridized carbons (Fsp3) is 0.136. The second-order valence-corrected chi connectivity index (χ2v) is 10.4. The lowest BCUT2D eigenvalue weighted by Gasteiger charge is -2.23. The van der Waals surface area contributed by atoms with Gasteiger partial charge in [0, 0.05) is 21.1 Å². The first-order valence-electron chi connectivity index (χ1n) is 9.33. The lowest BCUT2D eigenvalue weighted by molar-refractivity contribution is -0.116. The Kier molecular flexibility index (Phi) is 8.19. The van der Waals surface area contributed by atoms with Gasteiger partial charge in [-0.05, 0) is 54.1 Å². The number of anilines is 1. The minimum atomic E-state index is -4.01. The maximum atomic E-state index is 13.4. The molecule has 1 N–H and O–H groups in total. The van der Waals surface area contributed by atoms with Crippen LogP contribution in [0.5, 0.6) is 5.75 Å². The molecule has 0 bridgehead atoms. The van der Waals surface area contributed by atoms with Gasteiger partial charge in [0.15, 0.2) is 0 Å². The zero-order valence-corrected chi connectivity index (χ0v) is 20.8. The van der Waals surface area contributed by atoms with Gasteiger partial charge in [-0.15, -0.1) is 0 Å². The van der Waals surface area contributed by atoms with Crippen LogP contribution in [0.15, 0.2) is 76.1 Å². The standard InChI is InChI=1S/C22H19BrCl2N2O4S/c1-31-21-11-8-17(24)12-20(21)26-22(28)14-27(13-15-4-2-3-5-19(15)25)32(29,30)18-9-6-16(23)7-10-18/h2-12H,13-14H2,1H3,(H,26,28). The normalized spacial score (nSPS) is 11.4. The summed E-state index contributed by atoms with van der Waals surface area (Å²) >= 11 is 15.6. The number of sulfonamides is 1. The first-order valence-corrected chi connectivity index (χ1v) is 12.3. The van der Waals surface area contributed by atoms with Crippen molar-refractivity contribution >= 4 is 60.7 Å². The number of hydrogen-bond donors (Lipinski definition) is 1. The van der Waals surface area contributed by atoms with Crippen LogP contribution < -0.4 is 10.1 Å². The molecule has 168 valence electrons. The molecular weight excluding hydrogens is 539 g/mol. The Balaban J connectivity index is 1.92. The molecule has 0 unspecified atom stereocenters. The maximum Gasteiger partial charge on any atom is 0.243 e. The van der Waals surface area contributed by atoms with E-state index in [1.54, 1.807) is 48.5 Å². The van der Waals surface area contributed by atoms with Gasteiger partial charge in [-0.3, -0.25) is 4.79 Å². The van der Waals surface area contributed by atoms with Gasteiger partial charge in [-0.1, -0.05) is 57.3 Å². The molecule has 3 aromatic rings. The number of hydrogen-bond acceptors (Lipinski definition) is 4. The molecule has 3 aromatic carbocycles. The van der Waals surface area contributed by atoms with Crippen LogP contribution in [0.4, 0.5) is 5.69 Å². The summed E-state index contributed by atoms with van der Waals surface area (Å²) in [7, 11) is -2.55. The van der Waals surface area contributed by atoms with Crippen LogP contribution in [0.2, 0.25) is 10.0 Å². The molecule has 0 fully saturated rings. The van der Waals surface area contributed by atoms with Crippen LogP contribution in [-0.2, 0) is 21.4 Å². The van der Waals surface area contributed by atoms with Crippen molar-refractivity contribution in [3.05, 3.63) is 86.8 Å². The van der Waals surface area contributed by atoms with Crippen LogP contribution in [0.25, 0.3) is 0 Å². The quantitative estimate of drug-likeness (QED) is 0.391. The Hall–Kier alpha value is -2.10. The Bertz CT molecular complexity index is 1220. The molecule has 1 amide bonds. The number of halogens is 3. The SMILES string of the molecule is COc1ccc(Cl)cc1NC(=O)CN(Cc1ccccc1Cl)S(=O)(=O)c1ccc(Br)cc1. The smallest absolute Gasteiger partial charge is 0.243 e. The molecule has 0 aliphatic carbocycles. The van der Waals surface area contributed by atoms with Crippen LogP contribution in [0.1, 0.15) is 5.56 Å². The molecule has 0 aliphatic rings. The number of rotatable bonds is 8. The van der Waals surface area contributed by atoms with E-state index in [0.29, 0.717) is 27.0 Å². The number of amides is 1. The average Bonchev–Trinajstić information content (AvgIpc) is 2.75. The Labute approximate surface area is 205 Å². The van der Waals surface area contributed by atoms with E-state index in [-0.39, 0.29) is 11.4 Å². The number of ether oxygens (including phenoxy) is 1. The number of nitrogens with zero attached hydrogens (tertiary/aromatic N) is 1. The fourth-order valence-corrected chi connectivity index (χ4v) is 4.93. The summed E-state index contributed by atoms with van der Waals surface area (Å²) < 4.78 is 33.8. The highest BCUT2D eigenvalue weighted by molar-refractivity contribution is 9.10. The van der Waals surface area contributed by atoms with Gasteiger partial charge in [0.25, 0.3) is 0 Å². The van der Waals surface area contributed by atoms with E-state index >= 15 is 0 Å². The van der Waals surface area contributed by atoms with Crippen molar-refractivity contribution in [2.24, 2.45) is 0 Å². The minimum Gasteiger partial charge on any atom is -0.495 e. The van der Waals surface area contributed by atoms with E-state index in [1.165, 1.54) is 25.3 Å². The number of carbonyl (C=O) groups is 1. The third kappa shape index (κ3) is 6.02. The molecule has 0 atom stereocenters. The molecule has 0 aliphatic heterocycles. The third-order valence-electron chi connectivity index (χ3n) is 4.51. The van der Waals surface area contributed by atoms with Gasteiger partial charge < -0.3 is 10.1 Å². The van der Waals surface area contributed by atoms with Crippen LogP contribution in [0, 0.1) is 0 Å². The molecule has 0 spiro atoms. The zero-order chi connectivity index (χ0) is 23.3. The average molecular weight is 558 g/mol. The third-order valence-corrected chi connectivity index (χ3v) is 7.45. The monoisotopic (exact) mass is 556 g/mol. The molecule has 0 aromatic heterocycles. The Morgan fingerprint density at radius 2 is 1.75 bits per heavy atom. The minimum absolute atomic E-state index is 0.0564. The highest BCUT2D eigenvalue weighted by Gasteiger charge is 2.28. The van der Waals surface area contributed by atoms with Crippen LogP contribution in [-0.4, -0.2) is 32.3 Å². The molecule has 0 radical (unpaired) electrons. The van der Waals surface area contributed by atoms with E-state index in [4.69, 9.17) is 27.9 Å². The maximum absolute atomic E-state index is 13.4. The predicted molar refractivity (Wildman–Crippen MR) is 130 cm³/mol. The largest absolute Gasteiger partial charge is 0.495 e. The van der Waals surface area contributed by atoms with Gasteiger partial charge >= 0.3 is 0 Å². The second kappa shape index (κ2) is 10.7. The molecule has 0 saturated heterocycles. The first kappa shape index (κ1) is 24.5. The molecule has 10 heteroatoms. The van der Waals surface area contributed by atoms with Crippen molar-refractivity contribution in [1.29, 1.82) is 0 Å². The number of methoxy groups -OCH3 is 1. The van der Waals surface area contributed by atoms with E-state index in [9.17, 15) is 13.2 Å². The zero-order valence-electron chi connectivity index (χ0n) is 16.9. The highest BCUT2D eigenvalue weighted by Crippen LogP contribution is 2.28. The van der Waals surface area contributed by atoms with Crippen LogP contribution >= 0.6 is 39.1 Å². The van der Waals surface area contributed by atoms with Crippen molar-refractivity contribution in [3.8, 4) is 5.75 Å². The van der Waals surface area contributed by atoms with Gasteiger partial charge in [0.1, 0.15) is 5.75 Å². The first-order chi connectivity index (χ1) is 15.2. The lowest BCUT2D eigenvalue weighted by Crippen LogP contribution is -2.37. The summed E-state index contributed by atoms with van der Waals surface area (Å²) in [4.78, 5) is 12.9. The van der Waals surface area contributed by atoms with Gasteiger partial charge in [-0.2, -0.15) is 4.31 Å². The van der Waals surface area contributed by atoms with Crippen molar-refractivity contribution in [1.82, 2.24) is 4.31 Å². The van der Waals surface area contributed by atoms with Crippen molar-refractivity contribution in [3.63, 3.8) is 0 Å². The molecular formula is C22H19BrCl2N2O4S.